The van der Waals surface area contributed by atoms with Crippen molar-refractivity contribution in [2.24, 2.45) is 0 Å². The first-order valence-corrected chi connectivity index (χ1v) is 13.6. The highest BCUT2D eigenvalue weighted by atomic mass is 79.9. The number of carbonyl (C=O) groups excluding carboxylic acids is 3. The average molecular weight is 682 g/mol. The maximum Gasteiger partial charge on any atom is 0.294 e. The third-order valence-corrected chi connectivity index (χ3v) is 7.59. The van der Waals surface area contributed by atoms with Gasteiger partial charge in [0, 0.05) is 12.1 Å². The highest BCUT2D eigenvalue weighted by Crippen LogP contribution is 2.38. The molecule has 1 aliphatic heterocycles. The molecule has 0 spiro atoms. The maximum atomic E-state index is 12.9. The molecule has 1 N–H and O–H groups in total. The molecular formula is C25H16Br2ClN3O6S. The van der Waals surface area contributed by atoms with Crippen LogP contribution in [0.5, 0.6) is 5.75 Å². The monoisotopic (exact) mass is 679 g/mol. The number of thioether (sulfide) groups is 1. The molecule has 0 saturated carbocycles. The first kappa shape index (κ1) is 27.8. The van der Waals surface area contributed by atoms with E-state index in [4.69, 9.17) is 16.3 Å². The summed E-state index contributed by atoms with van der Waals surface area (Å²) in [5, 5.41) is 13.2. The second-order valence-corrected chi connectivity index (χ2v) is 10.9. The van der Waals surface area contributed by atoms with E-state index in [0.29, 0.717) is 31.0 Å². The van der Waals surface area contributed by atoms with Crippen molar-refractivity contribution in [1.29, 1.82) is 0 Å². The van der Waals surface area contributed by atoms with Crippen LogP contribution < -0.4 is 10.1 Å². The molecule has 3 aromatic carbocycles. The van der Waals surface area contributed by atoms with Crippen molar-refractivity contribution in [3.63, 3.8) is 0 Å². The predicted molar refractivity (Wildman–Crippen MR) is 152 cm³/mol. The molecule has 0 radical (unpaired) electrons. The maximum absolute atomic E-state index is 12.9. The quantitative estimate of drug-likeness (QED) is 0.154. The first-order chi connectivity index (χ1) is 18.1. The second-order valence-electron chi connectivity index (χ2n) is 7.82. The number of nitro benzene ring substituents is 1. The number of carbonyl (C=O) groups is 3. The third-order valence-electron chi connectivity index (χ3n) is 5.17. The number of non-ortho nitro benzene ring substituents is 1. The summed E-state index contributed by atoms with van der Waals surface area (Å²) in [6, 6.07) is 16.1. The number of imide groups is 1. The lowest BCUT2D eigenvalue weighted by atomic mass is 10.2. The van der Waals surface area contributed by atoms with Gasteiger partial charge in [0.1, 0.15) is 18.9 Å². The van der Waals surface area contributed by atoms with E-state index in [9.17, 15) is 24.5 Å². The smallest absolute Gasteiger partial charge is 0.294 e. The number of anilines is 1. The van der Waals surface area contributed by atoms with Crippen LogP contribution in [0.1, 0.15) is 11.1 Å². The molecule has 13 heteroatoms. The summed E-state index contributed by atoms with van der Waals surface area (Å²) in [4.78, 5) is 49.1. The SMILES string of the molecule is O=C(CN1C(=O)S/C(=C/c2cc(Br)c(OCc3ccc([N+](=O)[O-])cc3)c(Br)c2)C1=O)Nc1ccccc1Cl. The van der Waals surface area contributed by atoms with Crippen molar-refractivity contribution in [3.8, 4) is 5.75 Å². The summed E-state index contributed by atoms with van der Waals surface area (Å²) in [6.45, 7) is -0.278. The molecule has 1 saturated heterocycles. The minimum Gasteiger partial charge on any atom is -0.487 e. The minimum atomic E-state index is -0.583. The average Bonchev–Trinajstić information content (AvgIpc) is 3.12. The second kappa shape index (κ2) is 12.1. The molecule has 9 nitrogen and oxygen atoms in total. The van der Waals surface area contributed by atoms with Crippen LogP contribution in [-0.4, -0.2) is 33.4 Å². The fourth-order valence-corrected chi connectivity index (χ4v) is 5.83. The Bertz CT molecular complexity index is 1460. The van der Waals surface area contributed by atoms with E-state index in [2.05, 4.69) is 37.2 Å². The van der Waals surface area contributed by atoms with Crippen molar-refractivity contribution in [2.75, 3.05) is 11.9 Å². The number of nitrogens with one attached hydrogen (secondary N) is 1. The molecule has 0 atom stereocenters. The van der Waals surface area contributed by atoms with E-state index in [-0.39, 0.29) is 17.2 Å². The predicted octanol–water partition coefficient (Wildman–Crippen LogP) is 7.03. The molecule has 0 aliphatic carbocycles. The van der Waals surface area contributed by atoms with Crippen molar-refractivity contribution >= 4 is 89.7 Å². The molecule has 1 heterocycles. The van der Waals surface area contributed by atoms with Crippen LogP contribution in [0.4, 0.5) is 16.2 Å². The van der Waals surface area contributed by atoms with Crippen LogP contribution in [0.2, 0.25) is 5.02 Å². The number of amides is 3. The lowest BCUT2D eigenvalue weighted by Gasteiger charge is -2.13. The van der Waals surface area contributed by atoms with Gasteiger partial charge in [-0.2, -0.15) is 0 Å². The van der Waals surface area contributed by atoms with Crippen LogP contribution in [0, 0.1) is 10.1 Å². The molecule has 1 aliphatic rings. The summed E-state index contributed by atoms with van der Waals surface area (Å²) in [6.07, 6.45) is 1.55. The first-order valence-electron chi connectivity index (χ1n) is 10.8. The van der Waals surface area contributed by atoms with Gasteiger partial charge < -0.3 is 10.1 Å². The summed E-state index contributed by atoms with van der Waals surface area (Å²) in [5.41, 5.74) is 1.72. The van der Waals surface area contributed by atoms with Crippen LogP contribution in [0.25, 0.3) is 6.08 Å². The van der Waals surface area contributed by atoms with Gasteiger partial charge in [-0.25, -0.2) is 0 Å². The van der Waals surface area contributed by atoms with E-state index in [1.807, 2.05) is 0 Å². The normalized spacial score (nSPS) is 14.2. The number of halogens is 3. The van der Waals surface area contributed by atoms with E-state index in [0.717, 1.165) is 22.2 Å². The van der Waals surface area contributed by atoms with E-state index in [1.165, 1.54) is 12.1 Å². The number of benzene rings is 3. The van der Waals surface area contributed by atoms with Crippen molar-refractivity contribution in [1.82, 2.24) is 4.90 Å². The van der Waals surface area contributed by atoms with Gasteiger partial charge in [-0.3, -0.25) is 29.4 Å². The van der Waals surface area contributed by atoms with Gasteiger partial charge in [-0.15, -0.1) is 0 Å². The Morgan fingerprint density at radius 3 is 2.39 bits per heavy atom. The van der Waals surface area contributed by atoms with E-state index in [1.54, 1.807) is 54.6 Å². The molecule has 3 amide bonds. The van der Waals surface area contributed by atoms with Crippen LogP contribution in [0.15, 0.2) is 74.5 Å². The number of para-hydroxylation sites is 1. The molecule has 0 aromatic heterocycles. The van der Waals surface area contributed by atoms with Gasteiger partial charge in [0.05, 0.1) is 29.5 Å². The summed E-state index contributed by atoms with van der Waals surface area (Å²) in [5.74, 6) is -0.647. The lowest BCUT2D eigenvalue weighted by molar-refractivity contribution is -0.384. The largest absolute Gasteiger partial charge is 0.487 e. The highest BCUT2D eigenvalue weighted by Gasteiger charge is 2.36. The minimum absolute atomic E-state index is 0.00824. The molecule has 0 bridgehead atoms. The van der Waals surface area contributed by atoms with Gasteiger partial charge in [0.15, 0.2) is 0 Å². The fraction of sp³-hybridized carbons (Fsp3) is 0.0800. The van der Waals surface area contributed by atoms with Crippen molar-refractivity contribution < 1.29 is 24.0 Å². The molecule has 1 fully saturated rings. The summed E-state index contributed by atoms with van der Waals surface area (Å²) < 4.78 is 7.03. The molecule has 194 valence electrons. The van der Waals surface area contributed by atoms with Gasteiger partial charge in [0.25, 0.3) is 16.8 Å². The number of nitrogens with zero attached hydrogens (tertiary/aromatic N) is 2. The number of hydrogen-bond donors (Lipinski definition) is 1. The Labute approximate surface area is 242 Å². The zero-order chi connectivity index (χ0) is 27.4. The summed E-state index contributed by atoms with van der Waals surface area (Å²) in [7, 11) is 0. The van der Waals surface area contributed by atoms with Gasteiger partial charge in [-0.05, 0) is 97.2 Å². The number of rotatable bonds is 8. The van der Waals surface area contributed by atoms with Gasteiger partial charge in [0.2, 0.25) is 5.91 Å². The molecule has 38 heavy (non-hydrogen) atoms. The summed E-state index contributed by atoms with van der Waals surface area (Å²) >= 11 is 13.7. The Kier molecular flexibility index (Phi) is 8.87. The zero-order valence-corrected chi connectivity index (χ0v) is 23.9. The zero-order valence-electron chi connectivity index (χ0n) is 19.2. The number of ether oxygens (including phenoxy) is 1. The van der Waals surface area contributed by atoms with Gasteiger partial charge in [-0.1, -0.05) is 23.7 Å². The Morgan fingerprint density at radius 2 is 1.76 bits per heavy atom. The standard InChI is InChI=1S/C25H16Br2ClN3O6S/c26-17-9-15(10-18(27)23(17)37-13-14-5-7-16(8-6-14)31(35)36)11-21-24(33)30(25(34)38-21)12-22(32)29-20-4-2-1-3-19(20)28/h1-11H,12-13H2,(H,29,32)/b21-11+. The number of nitro groups is 1. The molecule has 4 rings (SSSR count). The Balaban J connectivity index is 1.43. The van der Waals surface area contributed by atoms with Gasteiger partial charge >= 0.3 is 0 Å². The molecule has 3 aromatic rings. The van der Waals surface area contributed by atoms with Crippen LogP contribution in [-0.2, 0) is 16.2 Å². The Morgan fingerprint density at radius 1 is 1.11 bits per heavy atom. The molecule has 0 unspecified atom stereocenters. The van der Waals surface area contributed by atoms with E-state index < -0.39 is 28.5 Å². The fourth-order valence-electron chi connectivity index (χ4n) is 3.35. The number of hydrogen-bond acceptors (Lipinski definition) is 7. The van der Waals surface area contributed by atoms with Crippen LogP contribution >= 0.6 is 55.2 Å². The third kappa shape index (κ3) is 6.62. The van der Waals surface area contributed by atoms with E-state index >= 15 is 0 Å². The van der Waals surface area contributed by atoms with Crippen molar-refractivity contribution in [2.45, 2.75) is 6.61 Å². The lowest BCUT2D eigenvalue weighted by Crippen LogP contribution is -2.36. The van der Waals surface area contributed by atoms with Crippen molar-refractivity contribution in [3.05, 3.63) is 101 Å². The highest BCUT2D eigenvalue weighted by molar-refractivity contribution is 9.11. The Hall–Kier alpha value is -3.19. The van der Waals surface area contributed by atoms with Crippen LogP contribution in [0.3, 0.4) is 0 Å². The topological polar surface area (TPSA) is 119 Å². The molecular weight excluding hydrogens is 666 g/mol.